The second kappa shape index (κ2) is 6.63. The van der Waals surface area contributed by atoms with E-state index >= 15 is 0 Å². The highest BCUT2D eigenvalue weighted by Gasteiger charge is 2.04. The van der Waals surface area contributed by atoms with Crippen molar-refractivity contribution in [3.63, 3.8) is 0 Å². The van der Waals surface area contributed by atoms with Crippen molar-refractivity contribution in [2.24, 2.45) is 0 Å². The molecule has 0 saturated carbocycles. The smallest absolute Gasteiger partial charge is 0.219 e. The molecule has 4 nitrogen and oxygen atoms in total. The Bertz CT molecular complexity index is 548. The van der Waals surface area contributed by atoms with Crippen LogP contribution in [0.1, 0.15) is 12.5 Å². The zero-order valence-electron chi connectivity index (χ0n) is 10.5. The molecule has 0 radical (unpaired) electrons. The van der Waals surface area contributed by atoms with E-state index < -0.39 is 0 Å². The molecule has 0 atom stereocenters. The molecule has 0 aliphatic carbocycles. The van der Waals surface area contributed by atoms with Crippen LogP contribution in [0.25, 0.3) is 0 Å². The van der Waals surface area contributed by atoms with E-state index in [-0.39, 0.29) is 0 Å². The van der Waals surface area contributed by atoms with Gasteiger partial charge in [0.1, 0.15) is 12.4 Å². The minimum atomic E-state index is 0.414. The van der Waals surface area contributed by atoms with Crippen LogP contribution in [-0.2, 0) is 6.61 Å². The van der Waals surface area contributed by atoms with Crippen molar-refractivity contribution >= 4 is 29.2 Å². The third-order valence-electron chi connectivity index (χ3n) is 2.28. The SMILES string of the molecule is CCSc1nc(N)cc(OCc2ccc(Cl)cc2)n1. The maximum absolute atomic E-state index is 5.82. The standard InChI is InChI=1S/C13H14ClN3OS/c1-2-19-13-16-11(15)7-12(17-13)18-8-9-3-5-10(14)6-4-9/h3-7H,2,8H2,1H3,(H2,15,16,17). The Labute approximate surface area is 121 Å². The fraction of sp³-hybridized carbons (Fsp3) is 0.231. The van der Waals surface area contributed by atoms with E-state index in [2.05, 4.69) is 9.97 Å². The molecule has 0 unspecified atom stereocenters. The molecule has 6 heteroatoms. The first kappa shape index (κ1) is 14.0. The Kier molecular flexibility index (Phi) is 4.87. The summed E-state index contributed by atoms with van der Waals surface area (Å²) >= 11 is 7.35. The molecule has 19 heavy (non-hydrogen) atoms. The molecule has 2 N–H and O–H groups in total. The van der Waals surface area contributed by atoms with Crippen LogP contribution < -0.4 is 10.5 Å². The van der Waals surface area contributed by atoms with Gasteiger partial charge in [0.15, 0.2) is 5.16 Å². The maximum atomic E-state index is 5.82. The van der Waals surface area contributed by atoms with Gasteiger partial charge in [0.25, 0.3) is 0 Å². The van der Waals surface area contributed by atoms with Crippen molar-refractivity contribution in [1.82, 2.24) is 9.97 Å². The van der Waals surface area contributed by atoms with E-state index in [1.807, 2.05) is 31.2 Å². The van der Waals surface area contributed by atoms with Crippen LogP contribution in [0.4, 0.5) is 5.82 Å². The van der Waals surface area contributed by atoms with Crippen molar-refractivity contribution in [3.05, 3.63) is 40.9 Å². The Morgan fingerprint density at radius 1 is 1.26 bits per heavy atom. The lowest BCUT2D eigenvalue weighted by molar-refractivity contribution is 0.291. The van der Waals surface area contributed by atoms with Gasteiger partial charge in [-0.25, -0.2) is 4.98 Å². The van der Waals surface area contributed by atoms with Crippen molar-refractivity contribution < 1.29 is 4.74 Å². The molecule has 1 aromatic carbocycles. The van der Waals surface area contributed by atoms with Gasteiger partial charge >= 0.3 is 0 Å². The summed E-state index contributed by atoms with van der Waals surface area (Å²) < 4.78 is 5.61. The molecule has 0 aliphatic rings. The number of aromatic nitrogens is 2. The Hall–Kier alpha value is -1.46. The molecule has 0 aliphatic heterocycles. The first-order chi connectivity index (χ1) is 9.17. The van der Waals surface area contributed by atoms with Crippen LogP contribution in [0.2, 0.25) is 5.02 Å². The van der Waals surface area contributed by atoms with Gasteiger partial charge in [0.05, 0.1) is 0 Å². The molecule has 0 amide bonds. The molecule has 0 spiro atoms. The van der Waals surface area contributed by atoms with Crippen LogP contribution in [0.5, 0.6) is 5.88 Å². The van der Waals surface area contributed by atoms with Crippen molar-refractivity contribution in [2.75, 3.05) is 11.5 Å². The predicted molar refractivity (Wildman–Crippen MR) is 78.6 cm³/mol. The molecule has 0 saturated heterocycles. The topological polar surface area (TPSA) is 61.0 Å². The number of ether oxygens (including phenoxy) is 1. The minimum absolute atomic E-state index is 0.414. The van der Waals surface area contributed by atoms with Crippen molar-refractivity contribution in [1.29, 1.82) is 0 Å². The summed E-state index contributed by atoms with van der Waals surface area (Å²) in [6, 6.07) is 9.10. The number of nitrogens with zero attached hydrogens (tertiary/aromatic N) is 2. The predicted octanol–water partition coefficient (Wildman–Crippen LogP) is 3.40. The molecular formula is C13H14ClN3OS. The average Bonchev–Trinajstić information content (AvgIpc) is 2.38. The molecule has 0 fully saturated rings. The average molecular weight is 296 g/mol. The molecule has 1 aromatic heterocycles. The quantitative estimate of drug-likeness (QED) is 0.676. The summed E-state index contributed by atoms with van der Waals surface area (Å²) in [6.07, 6.45) is 0. The fourth-order valence-corrected chi connectivity index (χ4v) is 2.13. The lowest BCUT2D eigenvalue weighted by Crippen LogP contribution is -2.01. The highest BCUT2D eigenvalue weighted by atomic mass is 35.5. The van der Waals surface area contributed by atoms with Crippen molar-refractivity contribution in [3.8, 4) is 5.88 Å². The summed E-state index contributed by atoms with van der Waals surface area (Å²) in [4.78, 5) is 8.40. The van der Waals surface area contributed by atoms with Gasteiger partial charge in [-0.2, -0.15) is 4.98 Å². The van der Waals surface area contributed by atoms with Crippen LogP contribution in [0.15, 0.2) is 35.5 Å². The third kappa shape index (κ3) is 4.29. The van der Waals surface area contributed by atoms with E-state index in [1.165, 1.54) is 11.8 Å². The lowest BCUT2D eigenvalue weighted by atomic mass is 10.2. The van der Waals surface area contributed by atoms with Gasteiger partial charge in [0.2, 0.25) is 5.88 Å². The van der Waals surface area contributed by atoms with Gasteiger partial charge in [-0.3, -0.25) is 0 Å². The second-order valence-electron chi connectivity index (χ2n) is 3.76. The molecule has 2 rings (SSSR count). The Morgan fingerprint density at radius 3 is 2.68 bits per heavy atom. The zero-order valence-corrected chi connectivity index (χ0v) is 12.0. The highest BCUT2D eigenvalue weighted by Crippen LogP contribution is 2.19. The summed E-state index contributed by atoms with van der Waals surface area (Å²) in [5.41, 5.74) is 6.74. The summed E-state index contributed by atoms with van der Waals surface area (Å²) in [5.74, 6) is 1.79. The maximum Gasteiger partial charge on any atom is 0.219 e. The summed E-state index contributed by atoms with van der Waals surface area (Å²) in [7, 11) is 0. The fourth-order valence-electron chi connectivity index (χ4n) is 1.43. The largest absolute Gasteiger partial charge is 0.473 e. The van der Waals surface area contributed by atoms with Gasteiger partial charge in [-0.05, 0) is 23.4 Å². The van der Waals surface area contributed by atoms with E-state index in [4.69, 9.17) is 22.1 Å². The summed E-state index contributed by atoms with van der Waals surface area (Å²) in [5, 5.41) is 1.34. The number of hydrogen-bond acceptors (Lipinski definition) is 5. The van der Waals surface area contributed by atoms with Crippen LogP contribution >= 0.6 is 23.4 Å². The zero-order chi connectivity index (χ0) is 13.7. The summed E-state index contributed by atoms with van der Waals surface area (Å²) in [6.45, 7) is 2.45. The molecular weight excluding hydrogens is 282 g/mol. The van der Waals surface area contributed by atoms with E-state index in [0.717, 1.165) is 11.3 Å². The first-order valence-corrected chi connectivity index (χ1v) is 7.18. The third-order valence-corrected chi connectivity index (χ3v) is 3.26. The van der Waals surface area contributed by atoms with E-state index in [9.17, 15) is 0 Å². The molecule has 1 heterocycles. The molecule has 100 valence electrons. The number of nitrogens with two attached hydrogens (primary N) is 1. The number of rotatable bonds is 5. The number of hydrogen-bond donors (Lipinski definition) is 1. The first-order valence-electron chi connectivity index (χ1n) is 5.82. The van der Waals surface area contributed by atoms with E-state index in [0.29, 0.717) is 28.5 Å². The normalized spacial score (nSPS) is 10.4. The number of thioether (sulfide) groups is 1. The van der Waals surface area contributed by atoms with Crippen LogP contribution in [0.3, 0.4) is 0 Å². The van der Waals surface area contributed by atoms with Gasteiger partial charge < -0.3 is 10.5 Å². The highest BCUT2D eigenvalue weighted by molar-refractivity contribution is 7.99. The second-order valence-corrected chi connectivity index (χ2v) is 5.43. The van der Waals surface area contributed by atoms with Gasteiger partial charge in [-0.1, -0.05) is 42.4 Å². The van der Waals surface area contributed by atoms with Gasteiger partial charge in [0, 0.05) is 11.1 Å². The van der Waals surface area contributed by atoms with Gasteiger partial charge in [-0.15, -0.1) is 0 Å². The van der Waals surface area contributed by atoms with E-state index in [1.54, 1.807) is 6.07 Å². The lowest BCUT2D eigenvalue weighted by Gasteiger charge is -2.07. The Balaban J connectivity index is 2.04. The van der Waals surface area contributed by atoms with Crippen LogP contribution in [-0.4, -0.2) is 15.7 Å². The number of halogens is 1. The minimum Gasteiger partial charge on any atom is -0.473 e. The number of anilines is 1. The number of benzene rings is 1. The number of nitrogen functional groups attached to an aromatic ring is 1. The Morgan fingerprint density at radius 2 is 2.00 bits per heavy atom. The van der Waals surface area contributed by atoms with Crippen LogP contribution in [0, 0.1) is 0 Å². The molecule has 2 aromatic rings. The van der Waals surface area contributed by atoms with Crippen molar-refractivity contribution in [2.45, 2.75) is 18.7 Å². The monoisotopic (exact) mass is 295 g/mol. The molecule has 0 bridgehead atoms.